The van der Waals surface area contributed by atoms with Crippen LogP contribution in [0.1, 0.15) is 29.3 Å². The van der Waals surface area contributed by atoms with E-state index in [9.17, 15) is 14.4 Å². The van der Waals surface area contributed by atoms with E-state index >= 15 is 0 Å². The van der Waals surface area contributed by atoms with Crippen LogP contribution in [0.15, 0.2) is 71.8 Å². The van der Waals surface area contributed by atoms with Crippen molar-refractivity contribution in [2.75, 3.05) is 11.9 Å². The summed E-state index contributed by atoms with van der Waals surface area (Å²) < 4.78 is 10.9. The van der Waals surface area contributed by atoms with E-state index in [2.05, 4.69) is 15.8 Å². The summed E-state index contributed by atoms with van der Waals surface area (Å²) in [5.74, 6) is -1.44. The lowest BCUT2D eigenvalue weighted by Gasteiger charge is -2.07. The molecule has 2 N–H and O–H groups in total. The van der Waals surface area contributed by atoms with E-state index in [1.165, 1.54) is 12.3 Å². The Balaban J connectivity index is 1.50. The Morgan fingerprint density at radius 3 is 2.29 bits per heavy atom. The second-order valence-electron chi connectivity index (χ2n) is 7.09. The maximum absolute atomic E-state index is 12.3. The number of nitrogens with zero attached hydrogens (tertiary/aromatic N) is 1. The van der Waals surface area contributed by atoms with Gasteiger partial charge in [-0.2, -0.15) is 5.10 Å². The molecule has 0 saturated carbocycles. The Morgan fingerprint density at radius 2 is 1.60 bits per heavy atom. The third-order valence-corrected chi connectivity index (χ3v) is 5.26. The summed E-state index contributed by atoms with van der Waals surface area (Å²) >= 11 is 11.9. The minimum atomic E-state index is -0.992. The van der Waals surface area contributed by atoms with Gasteiger partial charge in [-0.25, -0.2) is 10.2 Å². The molecule has 0 saturated heterocycles. The van der Waals surface area contributed by atoms with E-state index in [0.717, 1.165) is 6.42 Å². The average Bonchev–Trinajstić information content (AvgIpc) is 2.86. The number of rotatable bonds is 8. The largest absolute Gasteiger partial charge is 0.494 e. The highest BCUT2D eigenvalue weighted by atomic mass is 35.5. The molecule has 0 bridgehead atoms. The molecule has 8 nitrogen and oxygen atoms in total. The van der Waals surface area contributed by atoms with Crippen LogP contribution in [0.25, 0.3) is 0 Å². The first kappa shape index (κ1) is 25.7. The highest BCUT2D eigenvalue weighted by Gasteiger charge is 2.15. The molecular weight excluding hydrogens is 493 g/mol. The molecule has 0 aromatic heterocycles. The molecule has 35 heavy (non-hydrogen) atoms. The Hall–Kier alpha value is -3.88. The zero-order valence-corrected chi connectivity index (χ0v) is 20.1. The Labute approximate surface area is 211 Å². The standard InChI is InChI=1S/C25H21Cl2N3O5/c1-2-14-34-18-12-8-17(9-13-18)25(33)35-19-10-6-16(7-11-19)15-28-30-24(32)23(31)29-21-5-3-4-20(26)22(21)27/h3-13,15H,2,14H2,1H3,(H,29,31)(H,30,32)/b28-15+. The SMILES string of the molecule is CCCOc1ccc(C(=O)Oc2ccc(/C=N/NC(=O)C(=O)Nc3cccc(Cl)c3Cl)cc2)cc1. The summed E-state index contributed by atoms with van der Waals surface area (Å²) in [6, 6.07) is 17.7. The van der Waals surface area contributed by atoms with Crippen molar-refractivity contribution in [2.24, 2.45) is 5.10 Å². The molecule has 0 aliphatic carbocycles. The summed E-state index contributed by atoms with van der Waals surface area (Å²) in [6.07, 6.45) is 2.23. The fourth-order valence-corrected chi connectivity index (χ4v) is 3.04. The maximum atomic E-state index is 12.3. The lowest BCUT2D eigenvalue weighted by atomic mass is 10.2. The lowest BCUT2D eigenvalue weighted by Crippen LogP contribution is -2.32. The van der Waals surface area contributed by atoms with Crippen LogP contribution in [0.4, 0.5) is 5.69 Å². The van der Waals surface area contributed by atoms with Crippen molar-refractivity contribution in [3.8, 4) is 11.5 Å². The highest BCUT2D eigenvalue weighted by Crippen LogP contribution is 2.29. The molecule has 0 aliphatic heterocycles. The predicted molar refractivity (Wildman–Crippen MR) is 134 cm³/mol. The maximum Gasteiger partial charge on any atom is 0.343 e. The van der Waals surface area contributed by atoms with E-state index in [-0.39, 0.29) is 15.7 Å². The van der Waals surface area contributed by atoms with Gasteiger partial charge in [0.2, 0.25) is 0 Å². The lowest BCUT2D eigenvalue weighted by molar-refractivity contribution is -0.136. The third kappa shape index (κ3) is 7.56. The van der Waals surface area contributed by atoms with Crippen LogP contribution < -0.4 is 20.2 Å². The van der Waals surface area contributed by atoms with E-state index < -0.39 is 17.8 Å². The summed E-state index contributed by atoms with van der Waals surface area (Å²) in [6.45, 7) is 2.62. The summed E-state index contributed by atoms with van der Waals surface area (Å²) in [5, 5.41) is 6.47. The van der Waals surface area contributed by atoms with Crippen molar-refractivity contribution in [3.63, 3.8) is 0 Å². The molecule has 2 amide bonds. The number of hydrogen-bond donors (Lipinski definition) is 2. The van der Waals surface area contributed by atoms with Gasteiger partial charge in [-0.05, 0) is 72.6 Å². The van der Waals surface area contributed by atoms with E-state index in [1.807, 2.05) is 6.92 Å². The van der Waals surface area contributed by atoms with Crippen LogP contribution >= 0.6 is 23.2 Å². The molecule has 0 aliphatic rings. The number of esters is 1. The van der Waals surface area contributed by atoms with Gasteiger partial charge in [0, 0.05) is 0 Å². The smallest absolute Gasteiger partial charge is 0.343 e. The normalized spacial score (nSPS) is 10.6. The number of anilines is 1. The van der Waals surface area contributed by atoms with Crippen molar-refractivity contribution < 1.29 is 23.9 Å². The van der Waals surface area contributed by atoms with Crippen LogP contribution in [0, 0.1) is 0 Å². The number of benzene rings is 3. The van der Waals surface area contributed by atoms with Gasteiger partial charge in [0.1, 0.15) is 11.5 Å². The second kappa shape index (κ2) is 12.5. The van der Waals surface area contributed by atoms with E-state index in [0.29, 0.717) is 29.2 Å². The van der Waals surface area contributed by atoms with Crippen molar-refractivity contribution >= 4 is 52.9 Å². The molecule has 180 valence electrons. The van der Waals surface area contributed by atoms with Crippen LogP contribution in [0.3, 0.4) is 0 Å². The molecule has 3 aromatic carbocycles. The summed E-state index contributed by atoms with van der Waals surface area (Å²) in [7, 11) is 0. The highest BCUT2D eigenvalue weighted by molar-refractivity contribution is 6.45. The molecule has 10 heteroatoms. The first-order chi connectivity index (χ1) is 16.9. The quantitative estimate of drug-likeness (QED) is 0.143. The number of ether oxygens (including phenoxy) is 2. The van der Waals surface area contributed by atoms with Crippen molar-refractivity contribution in [3.05, 3.63) is 87.9 Å². The number of amides is 2. The van der Waals surface area contributed by atoms with Crippen molar-refractivity contribution in [1.29, 1.82) is 0 Å². The molecule has 3 aromatic rings. The Morgan fingerprint density at radius 1 is 0.914 bits per heavy atom. The third-order valence-electron chi connectivity index (χ3n) is 4.44. The van der Waals surface area contributed by atoms with E-state index in [4.69, 9.17) is 32.7 Å². The monoisotopic (exact) mass is 513 g/mol. The van der Waals surface area contributed by atoms with Crippen LogP contribution in [0.5, 0.6) is 11.5 Å². The number of carbonyl (C=O) groups excluding carboxylic acids is 3. The van der Waals surface area contributed by atoms with Gasteiger partial charge in [0.05, 0.1) is 34.1 Å². The van der Waals surface area contributed by atoms with E-state index in [1.54, 1.807) is 60.7 Å². The predicted octanol–water partition coefficient (Wildman–Crippen LogP) is 5.09. The molecule has 0 atom stereocenters. The number of hydrazone groups is 1. The molecule has 0 heterocycles. The van der Waals surface area contributed by atoms with Crippen LogP contribution in [0.2, 0.25) is 10.0 Å². The zero-order chi connectivity index (χ0) is 25.2. The van der Waals surface area contributed by atoms with Gasteiger partial charge in [-0.1, -0.05) is 36.2 Å². The first-order valence-corrected chi connectivity index (χ1v) is 11.3. The summed E-state index contributed by atoms with van der Waals surface area (Å²) in [4.78, 5) is 36.2. The molecule has 0 unspecified atom stereocenters. The summed E-state index contributed by atoms with van der Waals surface area (Å²) in [5.41, 5.74) is 3.31. The van der Waals surface area contributed by atoms with Gasteiger partial charge in [-0.3, -0.25) is 9.59 Å². The van der Waals surface area contributed by atoms with Gasteiger partial charge in [-0.15, -0.1) is 0 Å². The van der Waals surface area contributed by atoms with Gasteiger partial charge in [0.15, 0.2) is 0 Å². The molecule has 0 fully saturated rings. The van der Waals surface area contributed by atoms with Crippen molar-refractivity contribution in [1.82, 2.24) is 5.43 Å². The second-order valence-corrected chi connectivity index (χ2v) is 7.87. The minimum absolute atomic E-state index is 0.123. The Bertz CT molecular complexity index is 1230. The number of halogens is 2. The van der Waals surface area contributed by atoms with Crippen LogP contribution in [-0.4, -0.2) is 30.6 Å². The van der Waals surface area contributed by atoms with Crippen molar-refractivity contribution in [2.45, 2.75) is 13.3 Å². The Kier molecular flexibility index (Phi) is 9.23. The number of carbonyl (C=O) groups is 3. The first-order valence-electron chi connectivity index (χ1n) is 10.5. The fourth-order valence-electron chi connectivity index (χ4n) is 2.69. The zero-order valence-electron chi connectivity index (χ0n) is 18.6. The van der Waals surface area contributed by atoms with Crippen LogP contribution in [-0.2, 0) is 9.59 Å². The average molecular weight is 514 g/mol. The molecular formula is C25H21Cl2N3O5. The minimum Gasteiger partial charge on any atom is -0.494 e. The number of nitrogens with one attached hydrogen (secondary N) is 2. The van der Waals surface area contributed by atoms with Gasteiger partial charge in [0.25, 0.3) is 0 Å². The molecule has 0 radical (unpaired) electrons. The fraction of sp³-hybridized carbons (Fsp3) is 0.120. The van der Waals surface area contributed by atoms with Gasteiger partial charge >= 0.3 is 17.8 Å². The number of hydrogen-bond acceptors (Lipinski definition) is 6. The topological polar surface area (TPSA) is 106 Å². The van der Waals surface area contributed by atoms with Gasteiger partial charge < -0.3 is 14.8 Å². The molecule has 3 rings (SSSR count). The molecule has 0 spiro atoms.